The largest absolute Gasteiger partial charge is 0.356 e. The fourth-order valence-corrected chi connectivity index (χ4v) is 4.34. The molecule has 31 heavy (non-hydrogen) atoms. The number of nitrogens with one attached hydrogen (secondary N) is 1. The summed E-state index contributed by atoms with van der Waals surface area (Å²) in [5, 5.41) is 3.60. The standard InChI is InChI=1S/C25H30N4O2/c1-18-19(2)29(21-11-7-4-8-12-21)24-23(18)25(31)28(17-27-24)16-14-22(30)26-15-13-20-9-5-3-6-10-20/h4,7-9,11-12,17H,3,5-6,10,13-16H2,1-2H3,(H,26,30). The maximum atomic E-state index is 13.1. The highest BCUT2D eigenvalue weighted by Gasteiger charge is 2.18. The van der Waals surface area contributed by atoms with E-state index in [1.807, 2.05) is 48.7 Å². The number of aromatic nitrogens is 3. The summed E-state index contributed by atoms with van der Waals surface area (Å²) in [6.45, 7) is 4.95. The molecule has 0 bridgehead atoms. The van der Waals surface area contributed by atoms with Crippen LogP contribution in [0.25, 0.3) is 16.7 Å². The fourth-order valence-electron chi connectivity index (χ4n) is 4.34. The number of benzene rings is 1. The van der Waals surface area contributed by atoms with E-state index in [1.54, 1.807) is 10.9 Å². The van der Waals surface area contributed by atoms with Gasteiger partial charge in [0.15, 0.2) is 5.65 Å². The zero-order valence-corrected chi connectivity index (χ0v) is 18.4. The van der Waals surface area contributed by atoms with Crippen LogP contribution in [0.2, 0.25) is 0 Å². The second-order valence-electron chi connectivity index (χ2n) is 8.28. The van der Waals surface area contributed by atoms with Gasteiger partial charge in [-0.25, -0.2) is 4.98 Å². The Labute approximate surface area is 182 Å². The lowest BCUT2D eigenvalue weighted by Gasteiger charge is -2.13. The maximum Gasteiger partial charge on any atom is 0.263 e. The normalized spacial score (nSPS) is 13.9. The molecule has 1 N–H and O–H groups in total. The third-order valence-corrected chi connectivity index (χ3v) is 6.23. The van der Waals surface area contributed by atoms with Crippen molar-refractivity contribution in [2.75, 3.05) is 6.54 Å². The summed E-state index contributed by atoms with van der Waals surface area (Å²) in [6.07, 6.45) is 9.89. The number of nitrogens with zero attached hydrogens (tertiary/aromatic N) is 3. The van der Waals surface area contributed by atoms with Crippen LogP contribution in [0.5, 0.6) is 0 Å². The number of allylic oxidation sites excluding steroid dienone is 1. The van der Waals surface area contributed by atoms with Crippen LogP contribution in [-0.4, -0.2) is 26.6 Å². The lowest BCUT2D eigenvalue weighted by atomic mass is 9.97. The highest BCUT2D eigenvalue weighted by Crippen LogP contribution is 2.24. The lowest BCUT2D eigenvalue weighted by Crippen LogP contribution is -2.28. The second kappa shape index (κ2) is 9.33. The molecule has 6 heteroatoms. The van der Waals surface area contributed by atoms with Crippen molar-refractivity contribution in [2.45, 2.75) is 58.9 Å². The summed E-state index contributed by atoms with van der Waals surface area (Å²) in [5.74, 6) is -0.0295. The van der Waals surface area contributed by atoms with Crippen LogP contribution in [-0.2, 0) is 11.3 Å². The molecule has 0 unspecified atom stereocenters. The van der Waals surface area contributed by atoms with Crippen molar-refractivity contribution in [1.29, 1.82) is 0 Å². The van der Waals surface area contributed by atoms with Gasteiger partial charge in [0.2, 0.25) is 5.91 Å². The minimum absolute atomic E-state index is 0.0295. The molecule has 2 heterocycles. The molecule has 2 aromatic heterocycles. The molecular weight excluding hydrogens is 388 g/mol. The molecule has 0 radical (unpaired) electrons. The van der Waals surface area contributed by atoms with Crippen LogP contribution in [0.1, 0.15) is 49.8 Å². The predicted octanol–water partition coefficient (Wildman–Crippen LogP) is 4.20. The van der Waals surface area contributed by atoms with Crippen molar-refractivity contribution in [1.82, 2.24) is 19.4 Å². The molecule has 0 saturated carbocycles. The minimum atomic E-state index is -0.0968. The van der Waals surface area contributed by atoms with Crippen LogP contribution in [0.15, 0.2) is 53.1 Å². The zero-order valence-electron chi connectivity index (χ0n) is 18.4. The summed E-state index contributed by atoms with van der Waals surface area (Å²) in [6, 6.07) is 9.93. The molecule has 1 amide bonds. The summed E-state index contributed by atoms with van der Waals surface area (Å²) in [7, 11) is 0. The third kappa shape index (κ3) is 4.48. The van der Waals surface area contributed by atoms with Gasteiger partial charge in [-0.05, 0) is 63.6 Å². The Morgan fingerprint density at radius 3 is 2.71 bits per heavy atom. The van der Waals surface area contributed by atoms with E-state index in [1.165, 1.54) is 18.4 Å². The van der Waals surface area contributed by atoms with Crippen LogP contribution in [0, 0.1) is 13.8 Å². The zero-order chi connectivity index (χ0) is 21.8. The molecule has 0 saturated heterocycles. The Morgan fingerprint density at radius 2 is 1.97 bits per heavy atom. The Kier molecular flexibility index (Phi) is 6.35. The number of hydrogen-bond donors (Lipinski definition) is 1. The Bertz CT molecular complexity index is 1170. The minimum Gasteiger partial charge on any atom is -0.356 e. The Morgan fingerprint density at radius 1 is 1.16 bits per heavy atom. The van der Waals surface area contributed by atoms with E-state index >= 15 is 0 Å². The molecule has 162 valence electrons. The molecule has 1 aliphatic rings. The smallest absolute Gasteiger partial charge is 0.263 e. The number of fused-ring (bicyclic) bond motifs is 1. The van der Waals surface area contributed by atoms with E-state index in [-0.39, 0.29) is 17.9 Å². The first kappa shape index (κ1) is 21.1. The van der Waals surface area contributed by atoms with Crippen LogP contribution < -0.4 is 10.9 Å². The quantitative estimate of drug-likeness (QED) is 0.585. The molecule has 1 aromatic carbocycles. The molecule has 6 nitrogen and oxygen atoms in total. The van der Waals surface area contributed by atoms with E-state index in [9.17, 15) is 9.59 Å². The summed E-state index contributed by atoms with van der Waals surface area (Å²) in [5.41, 5.74) is 4.92. The number of aryl methyl sites for hydroxylation is 2. The number of hydrogen-bond acceptors (Lipinski definition) is 3. The Hall–Kier alpha value is -3.15. The molecule has 0 atom stereocenters. The number of amides is 1. The van der Waals surface area contributed by atoms with Crippen molar-refractivity contribution < 1.29 is 4.79 Å². The molecular formula is C25H30N4O2. The number of carbonyl (C=O) groups excluding carboxylic acids is 1. The van der Waals surface area contributed by atoms with Gasteiger partial charge in [-0.15, -0.1) is 0 Å². The van der Waals surface area contributed by atoms with Crippen molar-refractivity contribution in [3.63, 3.8) is 0 Å². The fraction of sp³-hybridized carbons (Fsp3) is 0.400. The van der Waals surface area contributed by atoms with Gasteiger partial charge in [0.25, 0.3) is 5.56 Å². The molecule has 3 aromatic rings. The van der Waals surface area contributed by atoms with Crippen LogP contribution in [0.4, 0.5) is 0 Å². The first-order valence-corrected chi connectivity index (χ1v) is 11.1. The topological polar surface area (TPSA) is 68.9 Å². The average Bonchev–Trinajstić information content (AvgIpc) is 3.05. The summed E-state index contributed by atoms with van der Waals surface area (Å²) < 4.78 is 3.57. The van der Waals surface area contributed by atoms with E-state index in [0.29, 0.717) is 24.1 Å². The molecule has 4 rings (SSSR count). The van der Waals surface area contributed by atoms with E-state index in [4.69, 9.17) is 0 Å². The van der Waals surface area contributed by atoms with Gasteiger partial charge in [0.05, 0.1) is 11.7 Å². The molecule has 0 spiro atoms. The van der Waals surface area contributed by atoms with Gasteiger partial charge in [0, 0.05) is 30.9 Å². The van der Waals surface area contributed by atoms with Crippen LogP contribution >= 0.6 is 0 Å². The van der Waals surface area contributed by atoms with Crippen molar-refractivity contribution in [2.24, 2.45) is 0 Å². The van der Waals surface area contributed by atoms with E-state index in [2.05, 4.69) is 16.4 Å². The van der Waals surface area contributed by atoms with Gasteiger partial charge in [-0.2, -0.15) is 0 Å². The van der Waals surface area contributed by atoms with Crippen molar-refractivity contribution >= 4 is 16.9 Å². The average molecular weight is 419 g/mol. The van der Waals surface area contributed by atoms with Gasteiger partial charge in [-0.1, -0.05) is 29.8 Å². The number of rotatable bonds is 7. The van der Waals surface area contributed by atoms with E-state index in [0.717, 1.165) is 36.2 Å². The second-order valence-corrected chi connectivity index (χ2v) is 8.28. The molecule has 1 aliphatic carbocycles. The number of carbonyl (C=O) groups is 1. The van der Waals surface area contributed by atoms with Crippen LogP contribution in [0.3, 0.4) is 0 Å². The number of para-hydroxylation sites is 1. The first-order valence-electron chi connectivity index (χ1n) is 11.1. The lowest BCUT2D eigenvalue weighted by molar-refractivity contribution is -0.121. The first-order chi connectivity index (χ1) is 15.1. The van der Waals surface area contributed by atoms with Gasteiger partial charge in [0.1, 0.15) is 0 Å². The summed E-state index contributed by atoms with van der Waals surface area (Å²) >= 11 is 0. The van der Waals surface area contributed by atoms with Gasteiger partial charge >= 0.3 is 0 Å². The molecule has 0 fully saturated rings. The molecule has 0 aliphatic heterocycles. The predicted molar refractivity (Wildman–Crippen MR) is 124 cm³/mol. The van der Waals surface area contributed by atoms with Gasteiger partial charge in [-0.3, -0.25) is 18.7 Å². The van der Waals surface area contributed by atoms with Gasteiger partial charge < -0.3 is 5.32 Å². The third-order valence-electron chi connectivity index (χ3n) is 6.23. The van der Waals surface area contributed by atoms with Crippen molar-refractivity contribution in [3.8, 4) is 5.69 Å². The van der Waals surface area contributed by atoms with E-state index < -0.39 is 0 Å². The Balaban J connectivity index is 1.46. The highest BCUT2D eigenvalue weighted by atomic mass is 16.1. The van der Waals surface area contributed by atoms with Crippen molar-refractivity contribution in [3.05, 3.63) is 69.9 Å². The summed E-state index contributed by atoms with van der Waals surface area (Å²) in [4.78, 5) is 30.0. The highest BCUT2D eigenvalue weighted by molar-refractivity contribution is 5.83. The monoisotopic (exact) mass is 418 g/mol. The SMILES string of the molecule is Cc1c(C)n(-c2ccccc2)c2ncn(CCC(=O)NCCC3=CCCCC3)c(=O)c12. The maximum absolute atomic E-state index is 13.1.